The summed E-state index contributed by atoms with van der Waals surface area (Å²) < 4.78 is 81.9. The van der Waals surface area contributed by atoms with Crippen LogP contribution in [0.3, 0.4) is 0 Å². The first-order valence-corrected chi connectivity index (χ1v) is 21.4. The van der Waals surface area contributed by atoms with Crippen molar-refractivity contribution in [2.45, 2.75) is 18.4 Å². The van der Waals surface area contributed by atoms with E-state index < -0.39 is 59.9 Å². The standard InChI is InChI=1S/C52H36F5N4OP.Cu/c1-34(61-33-19-18-29-40(61)50-58-51(60-59-50)44-45(53)47(55)49(57)48(56)46(44)54)52(35-20-6-2-7-21-35,36-22-8-3-9-23-36)39-28-14-15-30-41(39)62-42-31-16-17-32-43(42)63(37-24-10-4-11-25-37)38-26-12-5-13-27-38;/h2-34H,1H3;/q;+1/t34-;/m1./s1. The number of halogens is 5. The van der Waals surface area contributed by atoms with Gasteiger partial charge in [-0.05, 0) is 54.8 Å². The molecule has 64 heavy (non-hydrogen) atoms. The molecule has 0 radical (unpaired) electrons. The number of nitrogens with zero attached hydrogens (tertiary/aromatic N) is 4. The van der Waals surface area contributed by atoms with Crippen LogP contribution < -0.4 is 30.3 Å². The molecule has 12 heteroatoms. The molecule has 7 aromatic carbocycles. The minimum atomic E-state index is -2.28. The van der Waals surface area contributed by atoms with Gasteiger partial charge in [0.2, 0.25) is 11.5 Å². The Morgan fingerprint density at radius 1 is 0.547 bits per heavy atom. The van der Waals surface area contributed by atoms with Crippen LogP contribution in [0.15, 0.2) is 194 Å². The molecule has 0 amide bonds. The summed E-state index contributed by atoms with van der Waals surface area (Å²) in [6, 6.07) is 61.6. The molecular weight excluding hydrogens is 886 g/mol. The molecule has 0 saturated carbocycles. The van der Waals surface area contributed by atoms with Crippen molar-refractivity contribution in [1.82, 2.24) is 15.2 Å². The van der Waals surface area contributed by atoms with Gasteiger partial charge in [-0.3, -0.25) is 5.10 Å². The van der Waals surface area contributed by atoms with Crippen LogP contribution in [0, 0.1) is 29.1 Å². The number of hydrogen-bond acceptors (Lipinski definition) is 3. The second-order valence-electron chi connectivity index (χ2n) is 14.7. The average molecular weight is 922 g/mol. The molecule has 0 saturated heterocycles. The Morgan fingerprint density at radius 3 is 1.59 bits per heavy atom. The van der Waals surface area contributed by atoms with Gasteiger partial charge < -0.3 is 14.8 Å². The molecule has 320 valence electrons. The molecule has 0 unspecified atom stereocenters. The van der Waals surface area contributed by atoms with Gasteiger partial charge in [-0.25, -0.2) is 22.0 Å². The Hall–Kier alpha value is -6.77. The van der Waals surface area contributed by atoms with Crippen LogP contribution in [-0.2, 0) is 22.5 Å². The van der Waals surface area contributed by atoms with Crippen molar-refractivity contribution >= 4 is 23.8 Å². The first-order valence-electron chi connectivity index (χ1n) is 20.1. The van der Waals surface area contributed by atoms with Crippen LogP contribution in [0.4, 0.5) is 22.0 Å². The Morgan fingerprint density at radius 2 is 1.02 bits per heavy atom. The van der Waals surface area contributed by atoms with Crippen molar-refractivity contribution in [3.8, 4) is 34.4 Å². The molecule has 0 bridgehead atoms. The summed E-state index contributed by atoms with van der Waals surface area (Å²) in [5.41, 5.74) is 0.703. The predicted octanol–water partition coefficient (Wildman–Crippen LogP) is 10.9. The van der Waals surface area contributed by atoms with Crippen molar-refractivity contribution in [2.75, 3.05) is 0 Å². The summed E-state index contributed by atoms with van der Waals surface area (Å²) in [4.78, 5) is 4.28. The van der Waals surface area contributed by atoms with Gasteiger partial charge in [0.05, 0.1) is 11.4 Å². The smallest absolute Gasteiger partial charge is 0.456 e. The first-order chi connectivity index (χ1) is 30.8. The quantitative estimate of drug-likeness (QED) is 0.0233. The summed E-state index contributed by atoms with van der Waals surface area (Å²) in [5.74, 6) is -10.1. The van der Waals surface area contributed by atoms with Gasteiger partial charge in [0.15, 0.2) is 35.5 Å². The van der Waals surface area contributed by atoms with Crippen LogP contribution in [-0.4, -0.2) is 10.1 Å². The van der Waals surface area contributed by atoms with Gasteiger partial charge in [-0.15, -0.1) is 0 Å². The largest absolute Gasteiger partial charge is 1.00 e. The molecule has 0 spiro atoms. The van der Waals surface area contributed by atoms with Crippen molar-refractivity contribution < 1.29 is 48.3 Å². The Kier molecular flexibility index (Phi) is 13.0. The van der Waals surface area contributed by atoms with E-state index in [4.69, 9.17) is 4.74 Å². The van der Waals surface area contributed by atoms with Crippen LogP contribution in [0.1, 0.15) is 29.7 Å². The Balaban J connectivity index is 0.00000560. The number of para-hydroxylation sites is 2. The molecule has 0 N–H and O–H groups in total. The van der Waals surface area contributed by atoms with Crippen LogP contribution >= 0.6 is 7.92 Å². The topological polar surface area (TPSA) is 53.0 Å². The van der Waals surface area contributed by atoms with E-state index in [-0.39, 0.29) is 22.9 Å². The summed E-state index contributed by atoms with van der Waals surface area (Å²) in [5, 5.41) is 11.3. The molecule has 9 rings (SSSR count). The van der Waals surface area contributed by atoms with E-state index in [0.29, 0.717) is 17.2 Å². The number of benzene rings is 7. The van der Waals surface area contributed by atoms with E-state index in [1.165, 1.54) is 10.6 Å². The summed E-state index contributed by atoms with van der Waals surface area (Å²) >= 11 is 0. The molecule has 5 nitrogen and oxygen atoms in total. The maximum atomic E-state index is 15.0. The Bertz CT molecular complexity index is 2930. The molecular formula is C52H36CuF5N4OP+. The van der Waals surface area contributed by atoms with Gasteiger partial charge >= 0.3 is 17.1 Å². The maximum Gasteiger partial charge on any atom is 1.00 e. The Labute approximate surface area is 378 Å². The number of ether oxygens (including phenoxy) is 1. The van der Waals surface area contributed by atoms with E-state index in [1.54, 1.807) is 12.1 Å². The molecule has 1 atom stereocenters. The summed E-state index contributed by atoms with van der Waals surface area (Å²) in [7, 11) is -1.05. The van der Waals surface area contributed by atoms with Gasteiger partial charge in [-0.1, -0.05) is 158 Å². The van der Waals surface area contributed by atoms with E-state index in [0.717, 1.165) is 22.0 Å². The van der Waals surface area contributed by atoms with Gasteiger partial charge in [0.1, 0.15) is 16.9 Å². The van der Waals surface area contributed by atoms with E-state index >= 15 is 8.78 Å². The van der Waals surface area contributed by atoms with Crippen LogP contribution in [0.5, 0.6) is 11.5 Å². The van der Waals surface area contributed by atoms with Crippen molar-refractivity contribution in [3.05, 3.63) is 240 Å². The van der Waals surface area contributed by atoms with Crippen molar-refractivity contribution in [3.63, 3.8) is 0 Å². The van der Waals surface area contributed by atoms with E-state index in [1.807, 2.05) is 133 Å². The van der Waals surface area contributed by atoms with Gasteiger partial charge in [0.25, 0.3) is 0 Å². The zero-order valence-corrected chi connectivity index (χ0v) is 35.7. The van der Waals surface area contributed by atoms with E-state index in [2.05, 4.69) is 75.8 Å². The van der Waals surface area contributed by atoms with Gasteiger partial charge in [0, 0.05) is 28.8 Å². The average Bonchev–Trinajstić information content (AvgIpc) is 3.83. The fraction of sp³-hybridized carbons (Fsp3) is 0.0577. The molecule has 0 aliphatic heterocycles. The normalized spacial score (nSPS) is 11.9. The summed E-state index contributed by atoms with van der Waals surface area (Å²) in [6.45, 7) is 2.04. The monoisotopic (exact) mass is 921 g/mol. The number of pyridine rings is 1. The van der Waals surface area contributed by atoms with E-state index in [9.17, 15) is 13.2 Å². The fourth-order valence-corrected chi connectivity index (χ4v) is 10.7. The molecule has 0 aliphatic rings. The second-order valence-corrected chi connectivity index (χ2v) is 16.9. The summed E-state index contributed by atoms with van der Waals surface area (Å²) in [6.07, 6.45) is 1.83. The SMILES string of the molecule is C[C@@H]([n+]1ccccc1-c1nc(-c2c(F)c(F)c(F)c(F)c2F)n[n-]1)C(c1ccccc1)(c1ccccc1)c1ccccc1Oc1ccccc1P(c1ccccc1)c1ccccc1.[Cu+]. The second kappa shape index (κ2) is 18.9. The number of hydrogen-bond donors (Lipinski definition) is 0. The van der Waals surface area contributed by atoms with Crippen molar-refractivity contribution in [1.29, 1.82) is 0 Å². The third-order valence-electron chi connectivity index (χ3n) is 11.2. The van der Waals surface area contributed by atoms with Crippen LogP contribution in [0.25, 0.3) is 22.9 Å². The zero-order chi connectivity index (χ0) is 43.5. The predicted molar refractivity (Wildman–Crippen MR) is 235 cm³/mol. The van der Waals surface area contributed by atoms with Gasteiger partial charge in [-0.2, -0.15) is 4.57 Å². The molecule has 0 aliphatic carbocycles. The molecule has 2 heterocycles. The fourth-order valence-electron chi connectivity index (χ4n) is 8.34. The number of rotatable bonds is 12. The molecule has 9 aromatic rings. The van der Waals surface area contributed by atoms with Crippen molar-refractivity contribution in [2.24, 2.45) is 0 Å². The third kappa shape index (κ3) is 7.92. The third-order valence-corrected chi connectivity index (χ3v) is 13.7. The maximum absolute atomic E-state index is 15.0. The minimum Gasteiger partial charge on any atom is -0.456 e. The minimum absolute atomic E-state index is 0. The molecule has 0 fully saturated rings. The zero-order valence-electron chi connectivity index (χ0n) is 33.9. The molecule has 2 aromatic heterocycles. The van der Waals surface area contributed by atoms with Crippen LogP contribution in [0.2, 0.25) is 0 Å². The number of aromatic nitrogens is 4. The first kappa shape index (κ1) is 43.9.